The van der Waals surface area contributed by atoms with E-state index < -0.39 is 4.81 Å². The minimum atomic E-state index is -0.718. The van der Waals surface area contributed by atoms with Crippen LogP contribution in [-0.2, 0) is 19.1 Å². The van der Waals surface area contributed by atoms with Gasteiger partial charge < -0.3 is 14.7 Å². The second kappa shape index (κ2) is 10.8. The zero-order valence-electron chi connectivity index (χ0n) is 12.9. The molecule has 0 aromatic rings. The fourth-order valence-corrected chi connectivity index (χ4v) is 1.29. The van der Waals surface area contributed by atoms with E-state index in [2.05, 4.69) is 6.58 Å². The molecule has 0 aliphatic heterocycles. The molecule has 6 nitrogen and oxygen atoms in total. The average molecular weight is 289 g/mol. The smallest absolute Gasteiger partial charge is 0.333 e. The summed E-state index contributed by atoms with van der Waals surface area (Å²) < 4.78 is 10.4. The van der Waals surface area contributed by atoms with Crippen molar-refractivity contribution in [3.63, 3.8) is 0 Å². The Morgan fingerprint density at radius 3 is 2.05 bits per heavy atom. The van der Waals surface area contributed by atoms with E-state index in [-0.39, 0.29) is 5.97 Å². The van der Waals surface area contributed by atoms with Gasteiger partial charge in [0.05, 0.1) is 20.7 Å². The maximum Gasteiger partial charge on any atom is 0.333 e. The molecule has 0 bridgehead atoms. The number of rotatable bonds is 12. The average Bonchev–Trinajstić information content (AvgIpc) is 2.34. The van der Waals surface area contributed by atoms with Gasteiger partial charge >= 0.3 is 5.97 Å². The van der Waals surface area contributed by atoms with Crippen molar-refractivity contribution in [3.05, 3.63) is 17.4 Å². The molecule has 0 heterocycles. The van der Waals surface area contributed by atoms with Gasteiger partial charge in [-0.1, -0.05) is 6.58 Å². The number of ether oxygens (including phenoxy) is 2. The van der Waals surface area contributed by atoms with Crippen LogP contribution in [0, 0.1) is 5.21 Å². The Morgan fingerprint density at radius 1 is 1.05 bits per heavy atom. The highest BCUT2D eigenvalue weighted by Gasteiger charge is 2.02. The molecule has 0 aliphatic carbocycles. The fourth-order valence-electron chi connectivity index (χ4n) is 1.29. The summed E-state index contributed by atoms with van der Waals surface area (Å²) in [6.07, 6.45) is 3.30. The lowest BCUT2D eigenvalue weighted by Crippen LogP contribution is -2.32. The maximum atomic E-state index is 11.1. The van der Waals surface area contributed by atoms with Gasteiger partial charge in [-0.2, -0.15) is 0 Å². The van der Waals surface area contributed by atoms with Crippen LogP contribution in [0.2, 0.25) is 0 Å². The van der Waals surface area contributed by atoms with E-state index >= 15 is 0 Å². The van der Waals surface area contributed by atoms with Crippen molar-refractivity contribution in [1.82, 2.24) is 0 Å². The monoisotopic (exact) mass is 289 g/mol. The van der Waals surface area contributed by atoms with Crippen molar-refractivity contribution in [2.75, 3.05) is 40.5 Å². The van der Waals surface area contributed by atoms with Gasteiger partial charge in [0, 0.05) is 18.8 Å². The Morgan fingerprint density at radius 2 is 1.55 bits per heavy atom. The number of hydrogen-bond acceptors (Lipinski definition) is 5. The third-order valence-electron chi connectivity index (χ3n) is 2.35. The Bertz CT molecular complexity index is 286. The van der Waals surface area contributed by atoms with Gasteiger partial charge in [-0.3, -0.25) is 0 Å². The molecule has 20 heavy (non-hydrogen) atoms. The van der Waals surface area contributed by atoms with Crippen molar-refractivity contribution in [3.8, 4) is 0 Å². The summed E-state index contributed by atoms with van der Waals surface area (Å²) in [5, 5.41) is 11.1. The number of carbonyl (C=O) groups excluding carboxylic acids is 1. The molecule has 118 valence electrons. The third kappa shape index (κ3) is 13.5. The van der Waals surface area contributed by atoms with Crippen LogP contribution in [0.15, 0.2) is 12.2 Å². The van der Waals surface area contributed by atoms with Gasteiger partial charge in [-0.05, 0) is 32.6 Å². The van der Waals surface area contributed by atoms with Crippen molar-refractivity contribution in [1.29, 1.82) is 0 Å². The summed E-state index contributed by atoms with van der Waals surface area (Å²) in [5.74, 6) is -0.342. The predicted octanol–water partition coefficient (Wildman–Crippen LogP) is 2.19. The number of hydroxylamine groups is 4. The normalized spacial score (nSPS) is 11.4. The van der Waals surface area contributed by atoms with E-state index in [1.165, 1.54) is 14.1 Å². The number of carbonyl (C=O) groups is 1. The first-order chi connectivity index (χ1) is 9.33. The first-order valence-electron chi connectivity index (χ1n) is 6.93. The zero-order valence-corrected chi connectivity index (χ0v) is 12.9. The van der Waals surface area contributed by atoms with Crippen molar-refractivity contribution < 1.29 is 23.9 Å². The van der Waals surface area contributed by atoms with Crippen molar-refractivity contribution in [2.45, 2.75) is 32.6 Å². The number of quaternary nitrogens is 1. The van der Waals surface area contributed by atoms with E-state index in [1.807, 2.05) is 0 Å². The largest absolute Gasteiger partial charge is 0.599 e. The Labute approximate surface area is 121 Å². The lowest BCUT2D eigenvalue weighted by Gasteiger charge is -2.29. The van der Waals surface area contributed by atoms with E-state index in [9.17, 15) is 10.0 Å². The van der Waals surface area contributed by atoms with E-state index in [0.29, 0.717) is 32.0 Å². The molecule has 0 aliphatic rings. The third-order valence-corrected chi connectivity index (χ3v) is 2.35. The Hall–Kier alpha value is -0.950. The summed E-state index contributed by atoms with van der Waals surface area (Å²) in [6, 6.07) is 0. The highest BCUT2D eigenvalue weighted by molar-refractivity contribution is 5.86. The molecule has 0 amide bonds. The SMILES string of the molecule is C=C(C)C(=O)OCCCCOCCCCO[N+](C)(C)[O-]. The number of esters is 1. The molecule has 0 atom stereocenters. The maximum absolute atomic E-state index is 11.1. The molecule has 0 N–H and O–H groups in total. The van der Waals surface area contributed by atoms with E-state index in [1.54, 1.807) is 6.92 Å². The Balaban J connectivity index is 3.18. The molecule has 0 aromatic carbocycles. The van der Waals surface area contributed by atoms with E-state index in [4.69, 9.17) is 14.3 Å². The molecule has 0 unspecified atom stereocenters. The first-order valence-corrected chi connectivity index (χ1v) is 6.93. The minimum Gasteiger partial charge on any atom is -0.599 e. The molecule has 0 saturated carbocycles. The van der Waals surface area contributed by atoms with Gasteiger partial charge in [-0.15, -0.1) is 0 Å². The van der Waals surface area contributed by atoms with Crippen LogP contribution in [0.5, 0.6) is 0 Å². The second-order valence-corrected chi connectivity index (χ2v) is 5.03. The summed E-state index contributed by atoms with van der Waals surface area (Å²) >= 11 is 0. The van der Waals surface area contributed by atoms with Gasteiger partial charge in [0.1, 0.15) is 6.61 Å². The fraction of sp³-hybridized carbons (Fsp3) is 0.786. The Kier molecular flexibility index (Phi) is 10.3. The first kappa shape index (κ1) is 19.1. The van der Waals surface area contributed by atoms with Gasteiger partial charge in [0.2, 0.25) is 0 Å². The predicted molar refractivity (Wildman–Crippen MR) is 76.5 cm³/mol. The summed E-state index contributed by atoms with van der Waals surface area (Å²) in [7, 11) is 2.88. The lowest BCUT2D eigenvalue weighted by atomic mass is 10.3. The van der Waals surface area contributed by atoms with E-state index in [0.717, 1.165) is 25.7 Å². The second-order valence-electron chi connectivity index (χ2n) is 5.03. The van der Waals surface area contributed by atoms with Crippen LogP contribution in [0.4, 0.5) is 0 Å². The minimum absolute atomic E-state index is 0.342. The standard InChI is InChI=1S/C14H27NO5/c1-13(2)14(16)19-11-7-5-9-18-10-6-8-12-20-15(3,4)17/h1,5-12H2,2-4H3. The van der Waals surface area contributed by atoms with Crippen molar-refractivity contribution in [2.24, 2.45) is 0 Å². The van der Waals surface area contributed by atoms with Crippen LogP contribution in [0.25, 0.3) is 0 Å². The highest BCUT2D eigenvalue weighted by atomic mass is 16.9. The number of hydrogen-bond donors (Lipinski definition) is 0. The molecule has 0 radical (unpaired) electrons. The van der Waals surface area contributed by atoms with Crippen LogP contribution >= 0.6 is 0 Å². The van der Waals surface area contributed by atoms with Gasteiger partial charge in [0.15, 0.2) is 0 Å². The summed E-state index contributed by atoms with van der Waals surface area (Å²) in [4.78, 5) is 15.3. The molecule has 0 spiro atoms. The summed E-state index contributed by atoms with van der Waals surface area (Å²) in [6.45, 7) is 7.28. The van der Waals surface area contributed by atoms with Gasteiger partial charge in [-0.25, -0.2) is 14.4 Å². The molecular weight excluding hydrogens is 262 g/mol. The van der Waals surface area contributed by atoms with Crippen LogP contribution in [0.3, 0.4) is 0 Å². The molecule has 0 fully saturated rings. The highest BCUT2D eigenvalue weighted by Crippen LogP contribution is 2.00. The van der Waals surface area contributed by atoms with Crippen LogP contribution < -0.4 is 0 Å². The quantitative estimate of drug-likeness (QED) is 0.181. The summed E-state index contributed by atoms with van der Waals surface area (Å²) in [5.41, 5.74) is 0.420. The van der Waals surface area contributed by atoms with Crippen LogP contribution in [-0.4, -0.2) is 51.3 Å². The zero-order chi connectivity index (χ0) is 15.4. The molecule has 0 rings (SSSR count). The number of unbranched alkanes of at least 4 members (excludes halogenated alkanes) is 2. The van der Waals surface area contributed by atoms with Crippen LogP contribution in [0.1, 0.15) is 32.6 Å². The molecule has 0 aromatic heterocycles. The number of nitrogens with zero attached hydrogens (tertiary/aromatic N) is 1. The molecule has 0 saturated heterocycles. The van der Waals surface area contributed by atoms with Gasteiger partial charge in [0.25, 0.3) is 0 Å². The lowest BCUT2D eigenvalue weighted by molar-refractivity contribution is -1.04. The molecule has 6 heteroatoms. The van der Waals surface area contributed by atoms with Crippen molar-refractivity contribution >= 4 is 5.97 Å². The molecular formula is C14H27NO5. The topological polar surface area (TPSA) is 67.8 Å².